The Morgan fingerprint density at radius 1 is 0.886 bits per heavy atom. The highest BCUT2D eigenvalue weighted by atomic mass is 79.9. The predicted octanol–water partition coefficient (Wildman–Crippen LogP) is 5.72. The fraction of sp³-hybridized carbons (Fsp3) is 0.0909. The predicted molar refractivity (Wildman–Crippen MR) is 167 cm³/mol. The van der Waals surface area contributed by atoms with Crippen molar-refractivity contribution in [2.45, 2.75) is 6.61 Å². The maximum Gasteiger partial charge on any atom is 0.335 e. The Morgan fingerprint density at radius 3 is 2.27 bits per heavy atom. The molecule has 2 N–H and O–H groups in total. The Hall–Kier alpha value is -5.42. The molecule has 4 aromatic rings. The van der Waals surface area contributed by atoms with Crippen LogP contribution in [0.25, 0.3) is 6.08 Å². The smallest absolute Gasteiger partial charge is 0.335 e. The Kier molecular flexibility index (Phi) is 9.36. The number of halogens is 1. The van der Waals surface area contributed by atoms with Gasteiger partial charge in [0.15, 0.2) is 6.61 Å². The molecule has 0 spiro atoms. The number of rotatable bonds is 10. The SMILES string of the molecule is COc1ccc(NC(=O)COc2ccc(/C=C3/C(=O)NC(=O)N(c4ccc(OCc5ccccc5)cc4)C3=O)cc2Br)cc1. The first-order valence-corrected chi connectivity index (χ1v) is 14.1. The monoisotopic (exact) mass is 655 g/mol. The first-order valence-electron chi connectivity index (χ1n) is 13.4. The quantitative estimate of drug-likeness (QED) is 0.165. The molecule has 0 radical (unpaired) electrons. The van der Waals surface area contributed by atoms with E-state index in [0.717, 1.165) is 10.5 Å². The third-order valence-corrected chi connectivity index (χ3v) is 7.06. The lowest BCUT2D eigenvalue weighted by Crippen LogP contribution is -2.54. The molecule has 0 aromatic heterocycles. The molecule has 5 amide bonds. The van der Waals surface area contributed by atoms with Gasteiger partial charge in [-0.15, -0.1) is 0 Å². The van der Waals surface area contributed by atoms with Gasteiger partial charge in [-0.05, 0) is 93.8 Å². The summed E-state index contributed by atoms with van der Waals surface area (Å²) in [6.07, 6.45) is 1.37. The largest absolute Gasteiger partial charge is 0.497 e. The molecule has 10 nitrogen and oxygen atoms in total. The van der Waals surface area contributed by atoms with E-state index in [-0.39, 0.29) is 23.8 Å². The average Bonchev–Trinajstić information content (AvgIpc) is 3.03. The number of hydrogen-bond acceptors (Lipinski definition) is 7. The molecule has 11 heteroatoms. The lowest BCUT2D eigenvalue weighted by molar-refractivity contribution is -0.122. The van der Waals surface area contributed by atoms with Gasteiger partial charge in [-0.1, -0.05) is 36.4 Å². The molecule has 222 valence electrons. The van der Waals surface area contributed by atoms with Gasteiger partial charge in [-0.2, -0.15) is 0 Å². The van der Waals surface area contributed by atoms with E-state index in [1.54, 1.807) is 73.8 Å². The van der Waals surface area contributed by atoms with Gasteiger partial charge in [0.25, 0.3) is 17.7 Å². The van der Waals surface area contributed by atoms with Crippen LogP contribution < -0.4 is 29.7 Å². The molecule has 1 heterocycles. The summed E-state index contributed by atoms with van der Waals surface area (Å²) in [5.74, 6) is -0.348. The van der Waals surface area contributed by atoms with E-state index in [1.165, 1.54) is 6.08 Å². The number of nitrogens with one attached hydrogen (secondary N) is 2. The minimum Gasteiger partial charge on any atom is -0.497 e. The molecular weight excluding hydrogens is 630 g/mol. The van der Waals surface area contributed by atoms with Crippen molar-refractivity contribution in [2.75, 3.05) is 23.9 Å². The van der Waals surface area contributed by atoms with Crippen molar-refractivity contribution in [3.05, 3.63) is 118 Å². The fourth-order valence-electron chi connectivity index (χ4n) is 4.23. The van der Waals surface area contributed by atoms with Crippen LogP contribution in [-0.2, 0) is 21.0 Å². The summed E-state index contributed by atoms with van der Waals surface area (Å²) in [6, 6.07) is 26.9. The van der Waals surface area contributed by atoms with Crippen LogP contribution in [0.3, 0.4) is 0 Å². The minimum atomic E-state index is -0.854. The first kappa shape index (κ1) is 30.1. The third-order valence-electron chi connectivity index (χ3n) is 6.44. The van der Waals surface area contributed by atoms with Crippen LogP contribution in [-0.4, -0.2) is 37.5 Å². The summed E-state index contributed by atoms with van der Waals surface area (Å²) in [6.45, 7) is 0.111. The molecule has 1 aliphatic rings. The van der Waals surface area contributed by atoms with Gasteiger partial charge in [0, 0.05) is 5.69 Å². The number of methoxy groups -OCH3 is 1. The molecule has 44 heavy (non-hydrogen) atoms. The lowest BCUT2D eigenvalue weighted by Gasteiger charge is -2.26. The van der Waals surface area contributed by atoms with Gasteiger partial charge >= 0.3 is 6.03 Å². The van der Waals surface area contributed by atoms with Crippen LogP contribution in [0.5, 0.6) is 17.2 Å². The van der Waals surface area contributed by atoms with Gasteiger partial charge in [0.1, 0.15) is 29.4 Å². The molecule has 1 aliphatic heterocycles. The molecule has 0 saturated carbocycles. The molecule has 1 saturated heterocycles. The summed E-state index contributed by atoms with van der Waals surface area (Å²) >= 11 is 3.41. The number of amides is 5. The van der Waals surface area contributed by atoms with Gasteiger partial charge in [-0.25, -0.2) is 9.69 Å². The highest BCUT2D eigenvalue weighted by Crippen LogP contribution is 2.29. The van der Waals surface area contributed by atoms with Gasteiger partial charge in [0.2, 0.25) is 0 Å². The normalized spacial score (nSPS) is 13.8. The second kappa shape index (κ2) is 13.7. The van der Waals surface area contributed by atoms with Crippen molar-refractivity contribution in [3.63, 3.8) is 0 Å². The third kappa shape index (κ3) is 7.31. The highest BCUT2D eigenvalue weighted by molar-refractivity contribution is 9.10. The maximum atomic E-state index is 13.3. The van der Waals surface area contributed by atoms with E-state index in [0.29, 0.717) is 39.6 Å². The maximum absolute atomic E-state index is 13.3. The van der Waals surface area contributed by atoms with Crippen LogP contribution in [0.1, 0.15) is 11.1 Å². The Bertz CT molecular complexity index is 1720. The number of hydrogen-bond donors (Lipinski definition) is 2. The van der Waals surface area contributed by atoms with Crippen molar-refractivity contribution in [2.24, 2.45) is 0 Å². The minimum absolute atomic E-state index is 0.228. The molecule has 4 aromatic carbocycles. The number of anilines is 2. The first-order chi connectivity index (χ1) is 21.3. The van der Waals surface area contributed by atoms with E-state index in [1.807, 2.05) is 30.3 Å². The number of barbiturate groups is 1. The van der Waals surface area contributed by atoms with E-state index < -0.39 is 17.8 Å². The van der Waals surface area contributed by atoms with Crippen molar-refractivity contribution < 1.29 is 33.4 Å². The number of imide groups is 2. The number of carbonyl (C=O) groups is 4. The van der Waals surface area contributed by atoms with Crippen molar-refractivity contribution in [3.8, 4) is 17.2 Å². The van der Waals surface area contributed by atoms with Crippen molar-refractivity contribution in [1.29, 1.82) is 0 Å². The number of nitrogens with zero attached hydrogens (tertiary/aromatic N) is 1. The molecule has 0 unspecified atom stereocenters. The van der Waals surface area contributed by atoms with Crippen LogP contribution in [0.4, 0.5) is 16.2 Å². The lowest BCUT2D eigenvalue weighted by atomic mass is 10.1. The van der Waals surface area contributed by atoms with Crippen LogP contribution in [0.15, 0.2) is 107 Å². The summed E-state index contributed by atoms with van der Waals surface area (Å²) in [5.41, 5.74) is 2.13. The summed E-state index contributed by atoms with van der Waals surface area (Å²) in [4.78, 5) is 51.8. The van der Waals surface area contributed by atoms with Crippen LogP contribution in [0.2, 0.25) is 0 Å². The zero-order chi connectivity index (χ0) is 31.1. The molecule has 0 aliphatic carbocycles. The Balaban J connectivity index is 1.23. The summed E-state index contributed by atoms with van der Waals surface area (Å²) in [5, 5.41) is 4.94. The average molecular weight is 656 g/mol. The van der Waals surface area contributed by atoms with Crippen molar-refractivity contribution in [1.82, 2.24) is 5.32 Å². The Labute approximate surface area is 261 Å². The highest BCUT2D eigenvalue weighted by Gasteiger charge is 2.36. The summed E-state index contributed by atoms with van der Waals surface area (Å²) in [7, 11) is 1.56. The van der Waals surface area contributed by atoms with E-state index in [4.69, 9.17) is 14.2 Å². The van der Waals surface area contributed by atoms with Gasteiger partial charge in [-0.3, -0.25) is 19.7 Å². The van der Waals surface area contributed by atoms with Crippen LogP contribution in [0, 0.1) is 0 Å². The van der Waals surface area contributed by atoms with Gasteiger partial charge < -0.3 is 19.5 Å². The topological polar surface area (TPSA) is 123 Å². The number of urea groups is 1. The summed E-state index contributed by atoms with van der Waals surface area (Å²) < 4.78 is 17.0. The molecule has 1 fully saturated rings. The van der Waals surface area contributed by atoms with E-state index >= 15 is 0 Å². The molecule has 0 atom stereocenters. The van der Waals surface area contributed by atoms with Crippen molar-refractivity contribution >= 4 is 57.1 Å². The van der Waals surface area contributed by atoms with E-state index in [9.17, 15) is 19.2 Å². The Morgan fingerprint density at radius 2 is 1.59 bits per heavy atom. The zero-order valence-electron chi connectivity index (χ0n) is 23.4. The zero-order valence-corrected chi connectivity index (χ0v) is 25.0. The van der Waals surface area contributed by atoms with E-state index in [2.05, 4.69) is 26.6 Å². The number of carbonyl (C=O) groups excluding carboxylic acids is 4. The standard InChI is InChI=1S/C33H26BrN3O7/c1-42-25-12-8-23(9-13-25)35-30(38)20-44-29-16-7-22(18-28(29)34)17-27-31(39)36-33(41)37(32(27)40)24-10-14-26(15-11-24)43-19-21-5-3-2-4-6-21/h2-18H,19-20H2,1H3,(H,35,38)(H,36,39,41)/b27-17-. The molecule has 0 bridgehead atoms. The fourth-order valence-corrected chi connectivity index (χ4v) is 4.74. The molecular formula is C33H26BrN3O7. The number of ether oxygens (including phenoxy) is 3. The second-order valence-corrected chi connectivity index (χ2v) is 10.3. The van der Waals surface area contributed by atoms with Gasteiger partial charge in [0.05, 0.1) is 17.3 Å². The second-order valence-electron chi connectivity index (χ2n) is 9.48. The van der Waals surface area contributed by atoms with Crippen LogP contribution >= 0.6 is 15.9 Å². The number of benzene rings is 4. The molecule has 5 rings (SSSR count).